The Balaban J connectivity index is 2.58. The van der Waals surface area contributed by atoms with Gasteiger partial charge in [-0.15, -0.1) is 0 Å². The third-order valence-electron chi connectivity index (χ3n) is 3.08. The van der Waals surface area contributed by atoms with Crippen LogP contribution < -0.4 is 5.56 Å². The Kier molecular flexibility index (Phi) is 2.04. The van der Waals surface area contributed by atoms with E-state index in [0.29, 0.717) is 16.9 Å². The maximum absolute atomic E-state index is 12.1. The molecule has 0 saturated heterocycles. The number of rotatable bonds is 1. The molecule has 4 nitrogen and oxygen atoms in total. The van der Waals surface area contributed by atoms with Crippen LogP contribution in [0.5, 0.6) is 0 Å². The lowest BCUT2D eigenvalue weighted by atomic mass is 10.1. The van der Waals surface area contributed by atoms with Gasteiger partial charge < -0.3 is 9.97 Å². The number of benzene rings is 1. The summed E-state index contributed by atoms with van der Waals surface area (Å²) in [4.78, 5) is 22.5. The van der Waals surface area contributed by atoms with Crippen LogP contribution in [0.4, 0.5) is 0 Å². The Labute approximate surface area is 97.7 Å². The van der Waals surface area contributed by atoms with Crippen LogP contribution in [-0.2, 0) is 6.42 Å². The Morgan fingerprint density at radius 1 is 1.24 bits per heavy atom. The lowest BCUT2D eigenvalue weighted by Crippen LogP contribution is -2.10. The lowest BCUT2D eigenvalue weighted by molar-refractivity contribution is 0.941. The minimum atomic E-state index is -0.0626. The van der Waals surface area contributed by atoms with E-state index < -0.39 is 0 Å². The van der Waals surface area contributed by atoms with Gasteiger partial charge in [0, 0.05) is 17.3 Å². The largest absolute Gasteiger partial charge is 0.339 e. The second-order valence-electron chi connectivity index (χ2n) is 4.21. The summed E-state index contributed by atoms with van der Waals surface area (Å²) in [7, 11) is 0. The number of aromatic nitrogens is 3. The van der Waals surface area contributed by atoms with Crippen molar-refractivity contribution in [3.05, 3.63) is 39.9 Å². The first-order valence-electron chi connectivity index (χ1n) is 5.71. The van der Waals surface area contributed by atoms with Crippen molar-refractivity contribution in [3.8, 4) is 0 Å². The zero-order valence-corrected chi connectivity index (χ0v) is 9.79. The van der Waals surface area contributed by atoms with Crippen LogP contribution in [0.25, 0.3) is 21.9 Å². The third kappa shape index (κ3) is 1.37. The van der Waals surface area contributed by atoms with Gasteiger partial charge in [0.2, 0.25) is 0 Å². The molecule has 4 heteroatoms. The van der Waals surface area contributed by atoms with Gasteiger partial charge in [-0.25, -0.2) is 4.98 Å². The normalized spacial score (nSPS) is 11.4. The fourth-order valence-electron chi connectivity index (χ4n) is 2.24. The van der Waals surface area contributed by atoms with E-state index in [2.05, 4.69) is 15.0 Å². The van der Waals surface area contributed by atoms with Crippen molar-refractivity contribution in [2.75, 3.05) is 0 Å². The maximum atomic E-state index is 12.1. The molecule has 2 N–H and O–H groups in total. The summed E-state index contributed by atoms with van der Waals surface area (Å²) in [6, 6.07) is 5.94. The Morgan fingerprint density at radius 3 is 2.82 bits per heavy atom. The molecular weight excluding hydrogens is 214 g/mol. The van der Waals surface area contributed by atoms with E-state index in [1.807, 2.05) is 32.0 Å². The number of nitrogens with one attached hydrogen (secondary N) is 2. The molecule has 0 aliphatic rings. The van der Waals surface area contributed by atoms with Crippen molar-refractivity contribution in [2.24, 2.45) is 0 Å². The van der Waals surface area contributed by atoms with Gasteiger partial charge in [-0.05, 0) is 18.6 Å². The number of aryl methyl sites for hydroxylation is 2. The molecule has 3 aromatic rings. The lowest BCUT2D eigenvalue weighted by Gasteiger charge is -1.97. The van der Waals surface area contributed by atoms with E-state index in [4.69, 9.17) is 0 Å². The molecule has 2 heterocycles. The van der Waals surface area contributed by atoms with Crippen LogP contribution >= 0.6 is 0 Å². The second-order valence-corrected chi connectivity index (χ2v) is 4.21. The zero-order valence-electron chi connectivity index (χ0n) is 9.79. The summed E-state index contributed by atoms with van der Waals surface area (Å²) < 4.78 is 0. The van der Waals surface area contributed by atoms with Gasteiger partial charge in [0.15, 0.2) is 0 Å². The molecule has 3 rings (SSSR count). The van der Waals surface area contributed by atoms with Gasteiger partial charge >= 0.3 is 0 Å². The summed E-state index contributed by atoms with van der Waals surface area (Å²) in [6.45, 7) is 3.97. The van der Waals surface area contributed by atoms with E-state index in [-0.39, 0.29) is 5.56 Å². The quantitative estimate of drug-likeness (QED) is 0.670. The molecule has 17 heavy (non-hydrogen) atoms. The van der Waals surface area contributed by atoms with Crippen molar-refractivity contribution in [2.45, 2.75) is 20.3 Å². The van der Waals surface area contributed by atoms with Crippen molar-refractivity contribution >= 4 is 21.9 Å². The third-order valence-corrected chi connectivity index (χ3v) is 3.08. The number of aromatic amines is 2. The van der Waals surface area contributed by atoms with Gasteiger partial charge in [-0.1, -0.05) is 19.1 Å². The number of nitrogens with zero attached hydrogens (tertiary/aromatic N) is 1. The molecule has 0 unspecified atom stereocenters. The highest BCUT2D eigenvalue weighted by Gasteiger charge is 2.11. The average Bonchev–Trinajstić information content (AvgIpc) is 2.68. The number of hydrogen-bond acceptors (Lipinski definition) is 2. The number of fused-ring (bicyclic) bond motifs is 3. The summed E-state index contributed by atoms with van der Waals surface area (Å²) in [5.74, 6) is 0.715. The Hall–Kier alpha value is -2.10. The fraction of sp³-hybridized carbons (Fsp3) is 0.231. The Morgan fingerprint density at radius 2 is 2.06 bits per heavy atom. The molecule has 0 spiro atoms. The standard InChI is InChI=1S/C13H13N3O/c1-3-9-15-12-11(13(17)16-9)10-7(2)5-4-6-8(10)14-12/h4-6H,3H2,1-2H3,(H2,14,15,16,17). The minimum absolute atomic E-state index is 0.0626. The topological polar surface area (TPSA) is 61.5 Å². The SMILES string of the molecule is CCc1nc2[nH]c3cccc(C)c3c2c(=O)[nH]1. The molecule has 0 fully saturated rings. The van der Waals surface area contributed by atoms with E-state index in [0.717, 1.165) is 22.9 Å². The van der Waals surface area contributed by atoms with Crippen molar-refractivity contribution in [1.82, 2.24) is 15.0 Å². The highest BCUT2D eigenvalue weighted by Crippen LogP contribution is 2.24. The Bertz CT molecular complexity index is 767. The first-order valence-corrected chi connectivity index (χ1v) is 5.71. The van der Waals surface area contributed by atoms with Gasteiger partial charge in [0.25, 0.3) is 5.56 Å². The molecular formula is C13H13N3O. The highest BCUT2D eigenvalue weighted by atomic mass is 16.1. The molecule has 0 atom stereocenters. The van der Waals surface area contributed by atoms with Crippen LogP contribution in [-0.4, -0.2) is 15.0 Å². The molecule has 86 valence electrons. The van der Waals surface area contributed by atoms with Gasteiger partial charge in [0.1, 0.15) is 11.5 Å². The van der Waals surface area contributed by atoms with Crippen LogP contribution in [0.15, 0.2) is 23.0 Å². The number of H-pyrrole nitrogens is 2. The zero-order chi connectivity index (χ0) is 12.0. The molecule has 0 amide bonds. The minimum Gasteiger partial charge on any atom is -0.339 e. The number of hydrogen-bond donors (Lipinski definition) is 2. The first kappa shape index (κ1) is 10.1. The molecule has 0 aliphatic carbocycles. The van der Waals surface area contributed by atoms with Crippen LogP contribution in [0, 0.1) is 6.92 Å². The maximum Gasteiger partial charge on any atom is 0.261 e. The second kappa shape index (κ2) is 3.45. The molecule has 0 saturated carbocycles. The molecule has 0 bridgehead atoms. The fourth-order valence-corrected chi connectivity index (χ4v) is 2.24. The monoisotopic (exact) mass is 227 g/mol. The summed E-state index contributed by atoms with van der Waals surface area (Å²) in [5.41, 5.74) is 2.67. The van der Waals surface area contributed by atoms with Crippen molar-refractivity contribution in [1.29, 1.82) is 0 Å². The van der Waals surface area contributed by atoms with Crippen molar-refractivity contribution in [3.63, 3.8) is 0 Å². The van der Waals surface area contributed by atoms with Gasteiger partial charge in [0.05, 0.1) is 5.39 Å². The summed E-state index contributed by atoms with van der Waals surface area (Å²) in [6.07, 6.45) is 0.722. The van der Waals surface area contributed by atoms with Crippen LogP contribution in [0.2, 0.25) is 0 Å². The highest BCUT2D eigenvalue weighted by molar-refractivity contribution is 6.07. The molecule has 1 aromatic carbocycles. The molecule has 0 aliphatic heterocycles. The van der Waals surface area contributed by atoms with E-state index in [1.54, 1.807) is 0 Å². The smallest absolute Gasteiger partial charge is 0.261 e. The van der Waals surface area contributed by atoms with E-state index in [1.165, 1.54) is 0 Å². The molecule has 2 aromatic heterocycles. The van der Waals surface area contributed by atoms with Crippen LogP contribution in [0.1, 0.15) is 18.3 Å². The first-order chi connectivity index (χ1) is 8.20. The summed E-state index contributed by atoms with van der Waals surface area (Å²) in [5, 5.41) is 1.63. The summed E-state index contributed by atoms with van der Waals surface area (Å²) >= 11 is 0. The van der Waals surface area contributed by atoms with Gasteiger partial charge in [-0.3, -0.25) is 4.79 Å². The van der Waals surface area contributed by atoms with Crippen molar-refractivity contribution < 1.29 is 0 Å². The van der Waals surface area contributed by atoms with E-state index in [9.17, 15) is 4.79 Å². The van der Waals surface area contributed by atoms with E-state index >= 15 is 0 Å². The van der Waals surface area contributed by atoms with Gasteiger partial charge in [-0.2, -0.15) is 0 Å². The van der Waals surface area contributed by atoms with Crippen LogP contribution in [0.3, 0.4) is 0 Å². The molecule has 0 radical (unpaired) electrons. The predicted molar refractivity (Wildman–Crippen MR) is 68.3 cm³/mol. The average molecular weight is 227 g/mol. The predicted octanol–water partition coefficient (Wildman–Crippen LogP) is 2.28.